The van der Waals surface area contributed by atoms with Gasteiger partial charge in [0.15, 0.2) is 0 Å². The van der Waals surface area contributed by atoms with Crippen molar-refractivity contribution in [3.8, 4) is 0 Å². The topological polar surface area (TPSA) is 62.3 Å². The summed E-state index contributed by atoms with van der Waals surface area (Å²) in [5.41, 5.74) is 0.184. The lowest BCUT2D eigenvalue weighted by Crippen LogP contribution is -2.33. The SMILES string of the molecule is O=C1N[C@@H](CC2CCCCC2)C(=O)N1c1cncc(F)c1. The average molecular weight is 291 g/mol. The van der Waals surface area contributed by atoms with Crippen molar-refractivity contribution < 1.29 is 14.0 Å². The zero-order valence-electron chi connectivity index (χ0n) is 11.7. The molecule has 0 radical (unpaired) electrons. The second-order valence-electron chi connectivity index (χ2n) is 5.78. The number of hydrogen-bond donors (Lipinski definition) is 1. The third kappa shape index (κ3) is 2.89. The molecule has 3 amide bonds. The molecule has 0 bridgehead atoms. The van der Waals surface area contributed by atoms with Gasteiger partial charge < -0.3 is 5.32 Å². The number of amides is 3. The number of anilines is 1. The molecule has 0 spiro atoms. The Morgan fingerprint density at radius 2 is 2.00 bits per heavy atom. The van der Waals surface area contributed by atoms with Gasteiger partial charge in [-0.3, -0.25) is 9.78 Å². The Morgan fingerprint density at radius 3 is 2.71 bits per heavy atom. The van der Waals surface area contributed by atoms with Gasteiger partial charge in [0.2, 0.25) is 0 Å². The second-order valence-corrected chi connectivity index (χ2v) is 5.78. The van der Waals surface area contributed by atoms with Crippen LogP contribution >= 0.6 is 0 Å². The Bertz CT molecular complexity index is 558. The molecule has 1 aliphatic heterocycles. The van der Waals surface area contributed by atoms with Gasteiger partial charge in [-0.25, -0.2) is 14.1 Å². The van der Waals surface area contributed by atoms with E-state index in [0.29, 0.717) is 12.3 Å². The van der Waals surface area contributed by atoms with Crippen LogP contribution in [0.15, 0.2) is 18.5 Å². The summed E-state index contributed by atoms with van der Waals surface area (Å²) in [6.07, 6.45) is 8.90. The van der Waals surface area contributed by atoms with Gasteiger partial charge in [0.1, 0.15) is 11.9 Å². The number of halogens is 1. The van der Waals surface area contributed by atoms with E-state index in [-0.39, 0.29) is 11.6 Å². The average Bonchev–Trinajstić information content (AvgIpc) is 2.74. The summed E-state index contributed by atoms with van der Waals surface area (Å²) in [4.78, 5) is 29.1. The van der Waals surface area contributed by atoms with Gasteiger partial charge in [-0.2, -0.15) is 0 Å². The molecule has 5 nitrogen and oxygen atoms in total. The Kier molecular flexibility index (Phi) is 3.86. The lowest BCUT2D eigenvalue weighted by atomic mass is 9.85. The Morgan fingerprint density at radius 1 is 1.24 bits per heavy atom. The number of aromatic nitrogens is 1. The van der Waals surface area contributed by atoms with E-state index >= 15 is 0 Å². The summed E-state index contributed by atoms with van der Waals surface area (Å²) in [6, 6.07) is 0.157. The monoisotopic (exact) mass is 291 g/mol. The number of hydrogen-bond acceptors (Lipinski definition) is 3. The number of carbonyl (C=O) groups excluding carboxylic acids is 2. The fourth-order valence-electron chi connectivity index (χ4n) is 3.21. The van der Waals surface area contributed by atoms with Gasteiger partial charge in [-0.1, -0.05) is 32.1 Å². The van der Waals surface area contributed by atoms with E-state index in [1.54, 1.807) is 0 Å². The van der Waals surface area contributed by atoms with Crippen molar-refractivity contribution >= 4 is 17.6 Å². The highest BCUT2D eigenvalue weighted by Gasteiger charge is 2.40. The lowest BCUT2D eigenvalue weighted by molar-refractivity contribution is -0.118. The van der Waals surface area contributed by atoms with E-state index in [1.165, 1.54) is 25.5 Å². The number of rotatable bonds is 3. The van der Waals surface area contributed by atoms with Gasteiger partial charge in [0.05, 0.1) is 18.1 Å². The van der Waals surface area contributed by atoms with Crippen LogP contribution in [0.2, 0.25) is 0 Å². The van der Waals surface area contributed by atoms with Crippen molar-refractivity contribution in [3.05, 3.63) is 24.3 Å². The first-order valence-electron chi connectivity index (χ1n) is 7.40. The van der Waals surface area contributed by atoms with E-state index in [9.17, 15) is 14.0 Å². The molecule has 1 aliphatic carbocycles. The third-order valence-corrected chi connectivity index (χ3v) is 4.26. The smallest absolute Gasteiger partial charge is 0.325 e. The van der Waals surface area contributed by atoms with Crippen molar-refractivity contribution in [1.29, 1.82) is 0 Å². The van der Waals surface area contributed by atoms with E-state index in [2.05, 4.69) is 10.3 Å². The van der Waals surface area contributed by atoms with Gasteiger partial charge in [-0.05, 0) is 12.3 Å². The molecule has 0 aromatic carbocycles. The maximum Gasteiger partial charge on any atom is 0.329 e. The minimum Gasteiger partial charge on any atom is -0.325 e. The number of carbonyl (C=O) groups is 2. The molecule has 1 aromatic heterocycles. The van der Waals surface area contributed by atoms with Crippen molar-refractivity contribution in [1.82, 2.24) is 10.3 Å². The van der Waals surface area contributed by atoms with Crippen molar-refractivity contribution in [3.63, 3.8) is 0 Å². The molecule has 2 aliphatic rings. The summed E-state index contributed by atoms with van der Waals surface area (Å²) in [5.74, 6) is -0.389. The van der Waals surface area contributed by atoms with Gasteiger partial charge >= 0.3 is 6.03 Å². The molecule has 1 N–H and O–H groups in total. The summed E-state index contributed by atoms with van der Waals surface area (Å²) < 4.78 is 13.2. The van der Waals surface area contributed by atoms with Crippen LogP contribution in [0.1, 0.15) is 38.5 Å². The van der Waals surface area contributed by atoms with Crippen LogP contribution in [0.3, 0.4) is 0 Å². The molecule has 3 rings (SSSR count). The fraction of sp³-hybridized carbons (Fsp3) is 0.533. The molecule has 1 aromatic rings. The highest BCUT2D eigenvalue weighted by Crippen LogP contribution is 2.29. The largest absolute Gasteiger partial charge is 0.329 e. The second kappa shape index (κ2) is 5.79. The first-order valence-corrected chi connectivity index (χ1v) is 7.40. The highest BCUT2D eigenvalue weighted by atomic mass is 19.1. The van der Waals surface area contributed by atoms with E-state index in [1.807, 2.05) is 0 Å². The molecule has 1 saturated carbocycles. The number of urea groups is 1. The predicted molar refractivity (Wildman–Crippen MR) is 75.2 cm³/mol. The summed E-state index contributed by atoms with van der Waals surface area (Å²) >= 11 is 0. The molecular formula is C15H18FN3O2. The molecule has 0 unspecified atom stereocenters. The highest BCUT2D eigenvalue weighted by molar-refractivity contribution is 6.21. The first-order chi connectivity index (χ1) is 10.1. The molecule has 6 heteroatoms. The van der Waals surface area contributed by atoms with Crippen molar-refractivity contribution in [2.24, 2.45) is 5.92 Å². The van der Waals surface area contributed by atoms with Crippen LogP contribution < -0.4 is 10.2 Å². The van der Waals surface area contributed by atoms with E-state index in [0.717, 1.165) is 30.0 Å². The molecule has 21 heavy (non-hydrogen) atoms. The molecule has 1 atom stereocenters. The lowest BCUT2D eigenvalue weighted by Gasteiger charge is -2.23. The van der Waals surface area contributed by atoms with Crippen molar-refractivity contribution in [2.45, 2.75) is 44.6 Å². The summed E-state index contributed by atoms with van der Waals surface area (Å²) in [6.45, 7) is 0. The zero-order chi connectivity index (χ0) is 14.8. The summed E-state index contributed by atoms with van der Waals surface area (Å²) in [5, 5.41) is 2.71. The van der Waals surface area contributed by atoms with Gasteiger partial charge in [0.25, 0.3) is 5.91 Å². The minimum atomic E-state index is -0.566. The Balaban J connectivity index is 1.72. The minimum absolute atomic E-state index is 0.184. The predicted octanol–water partition coefficient (Wildman–Crippen LogP) is 2.62. The maximum absolute atomic E-state index is 13.2. The fourth-order valence-corrected chi connectivity index (χ4v) is 3.21. The first kappa shape index (κ1) is 14.0. The van der Waals surface area contributed by atoms with E-state index < -0.39 is 17.9 Å². The molecule has 112 valence electrons. The molecule has 1 saturated heterocycles. The normalized spacial score (nSPS) is 23.5. The van der Waals surface area contributed by atoms with Gasteiger partial charge in [-0.15, -0.1) is 0 Å². The van der Waals surface area contributed by atoms with Crippen LogP contribution in [0.4, 0.5) is 14.9 Å². The number of nitrogens with one attached hydrogen (secondary N) is 1. The number of imide groups is 1. The maximum atomic E-state index is 13.2. The molecule has 2 fully saturated rings. The van der Waals surface area contributed by atoms with Crippen LogP contribution in [0.5, 0.6) is 0 Å². The van der Waals surface area contributed by atoms with E-state index in [4.69, 9.17) is 0 Å². The standard InChI is InChI=1S/C15H18FN3O2/c16-11-7-12(9-17-8-11)19-14(20)13(18-15(19)21)6-10-4-2-1-3-5-10/h7-10,13H,1-6H2,(H,18,21)/t13-/m0/s1. The van der Waals surface area contributed by atoms with Crippen LogP contribution in [-0.2, 0) is 4.79 Å². The van der Waals surface area contributed by atoms with Crippen LogP contribution in [0, 0.1) is 11.7 Å². The van der Waals surface area contributed by atoms with Crippen LogP contribution in [-0.4, -0.2) is 23.0 Å². The number of nitrogens with zero attached hydrogens (tertiary/aromatic N) is 2. The quantitative estimate of drug-likeness (QED) is 0.871. The van der Waals surface area contributed by atoms with Gasteiger partial charge in [0, 0.05) is 6.07 Å². The summed E-state index contributed by atoms with van der Waals surface area (Å²) in [7, 11) is 0. The molecule has 2 heterocycles. The Hall–Kier alpha value is -1.98. The van der Waals surface area contributed by atoms with Crippen molar-refractivity contribution in [2.75, 3.05) is 4.90 Å². The third-order valence-electron chi connectivity index (χ3n) is 4.26. The van der Waals surface area contributed by atoms with Crippen LogP contribution in [0.25, 0.3) is 0 Å². The number of pyridine rings is 1. The molecular weight excluding hydrogens is 273 g/mol. The zero-order valence-corrected chi connectivity index (χ0v) is 11.7. The Labute approximate surface area is 122 Å².